The van der Waals surface area contributed by atoms with Gasteiger partial charge in [-0.3, -0.25) is 0 Å². The van der Waals surface area contributed by atoms with Gasteiger partial charge in [-0.15, -0.1) is 0 Å². The fraction of sp³-hybridized carbons (Fsp3) is 0.500. The number of anilines is 1. The lowest BCUT2D eigenvalue weighted by molar-refractivity contribution is -0.138. The van der Waals surface area contributed by atoms with E-state index in [1.807, 2.05) is 13.0 Å². The van der Waals surface area contributed by atoms with Gasteiger partial charge in [-0.1, -0.05) is 19.4 Å². The van der Waals surface area contributed by atoms with Crippen LogP contribution >= 0.6 is 0 Å². The minimum Gasteiger partial charge on any atom is -0.480 e. The van der Waals surface area contributed by atoms with Gasteiger partial charge >= 0.3 is 5.97 Å². The predicted octanol–water partition coefficient (Wildman–Crippen LogP) is 2.84. The normalized spacial score (nSPS) is 15.4. The molecule has 2 N–H and O–H groups in total. The van der Waals surface area contributed by atoms with E-state index in [1.165, 1.54) is 17.5 Å². The highest BCUT2D eigenvalue weighted by Crippen LogP contribution is 2.25. The van der Waals surface area contributed by atoms with Crippen molar-refractivity contribution in [3.63, 3.8) is 0 Å². The van der Waals surface area contributed by atoms with Crippen molar-refractivity contribution < 1.29 is 9.90 Å². The zero-order chi connectivity index (χ0) is 12.3. The highest BCUT2D eigenvalue weighted by Gasteiger charge is 2.17. The van der Waals surface area contributed by atoms with Gasteiger partial charge in [-0.2, -0.15) is 0 Å². The van der Waals surface area contributed by atoms with E-state index in [0.29, 0.717) is 6.42 Å². The molecule has 0 bridgehead atoms. The van der Waals surface area contributed by atoms with Crippen molar-refractivity contribution in [2.45, 2.75) is 45.1 Å². The number of nitrogens with one attached hydrogen (secondary N) is 1. The monoisotopic (exact) mass is 233 g/mol. The lowest BCUT2D eigenvalue weighted by Gasteiger charge is -2.15. The Kier molecular flexibility index (Phi) is 3.67. The van der Waals surface area contributed by atoms with Crippen LogP contribution in [0.5, 0.6) is 0 Å². The molecule has 1 atom stereocenters. The van der Waals surface area contributed by atoms with Gasteiger partial charge in [0, 0.05) is 5.69 Å². The second-order valence-electron chi connectivity index (χ2n) is 4.66. The maximum Gasteiger partial charge on any atom is 0.326 e. The molecule has 1 aromatic rings. The van der Waals surface area contributed by atoms with E-state index >= 15 is 0 Å². The average molecular weight is 233 g/mol. The Balaban J connectivity index is 2.09. The van der Waals surface area contributed by atoms with Crippen LogP contribution in [0.1, 0.15) is 37.3 Å². The third-order valence-corrected chi connectivity index (χ3v) is 3.31. The first kappa shape index (κ1) is 12.0. The average Bonchev–Trinajstić information content (AvgIpc) is 2.75. The van der Waals surface area contributed by atoms with E-state index in [2.05, 4.69) is 17.4 Å². The summed E-state index contributed by atoms with van der Waals surface area (Å²) >= 11 is 0. The van der Waals surface area contributed by atoms with E-state index in [9.17, 15) is 4.79 Å². The first-order valence-electron chi connectivity index (χ1n) is 6.32. The second-order valence-corrected chi connectivity index (χ2v) is 4.66. The molecule has 0 heterocycles. The Bertz CT molecular complexity index is 415. The van der Waals surface area contributed by atoms with Gasteiger partial charge in [-0.05, 0) is 48.9 Å². The molecule has 1 aromatic carbocycles. The topological polar surface area (TPSA) is 49.3 Å². The van der Waals surface area contributed by atoms with E-state index in [0.717, 1.165) is 24.9 Å². The van der Waals surface area contributed by atoms with Gasteiger partial charge in [0.05, 0.1) is 0 Å². The SMILES string of the molecule is CCCC(Nc1ccc2c(c1)CCC2)C(=O)O. The number of aryl methyl sites for hydroxylation is 2. The zero-order valence-corrected chi connectivity index (χ0v) is 10.2. The van der Waals surface area contributed by atoms with Gasteiger partial charge in [0.15, 0.2) is 0 Å². The Morgan fingerprint density at radius 2 is 2.18 bits per heavy atom. The minimum absolute atomic E-state index is 0.473. The van der Waals surface area contributed by atoms with E-state index in [1.54, 1.807) is 0 Å². The highest BCUT2D eigenvalue weighted by atomic mass is 16.4. The van der Waals surface area contributed by atoms with Crippen LogP contribution in [0.15, 0.2) is 18.2 Å². The molecule has 1 unspecified atom stereocenters. The number of carbonyl (C=O) groups is 1. The fourth-order valence-corrected chi connectivity index (χ4v) is 2.41. The lowest BCUT2D eigenvalue weighted by Crippen LogP contribution is -2.28. The molecule has 0 aromatic heterocycles. The summed E-state index contributed by atoms with van der Waals surface area (Å²) in [5.74, 6) is -0.771. The summed E-state index contributed by atoms with van der Waals surface area (Å²) in [7, 11) is 0. The fourth-order valence-electron chi connectivity index (χ4n) is 2.41. The van der Waals surface area contributed by atoms with E-state index in [-0.39, 0.29) is 0 Å². The summed E-state index contributed by atoms with van der Waals surface area (Å²) in [5.41, 5.74) is 3.72. The number of carboxylic acid groups (broad SMARTS) is 1. The first-order chi connectivity index (χ1) is 8.20. The van der Waals surface area contributed by atoms with Crippen LogP contribution in [0.25, 0.3) is 0 Å². The largest absolute Gasteiger partial charge is 0.480 e. The molecule has 0 saturated heterocycles. The molecule has 0 radical (unpaired) electrons. The summed E-state index contributed by atoms with van der Waals surface area (Å²) in [5, 5.41) is 12.2. The molecule has 0 spiro atoms. The quantitative estimate of drug-likeness (QED) is 0.822. The van der Waals surface area contributed by atoms with Crippen molar-refractivity contribution in [2.24, 2.45) is 0 Å². The van der Waals surface area contributed by atoms with Crippen molar-refractivity contribution in [2.75, 3.05) is 5.32 Å². The van der Waals surface area contributed by atoms with Crippen LogP contribution in [-0.4, -0.2) is 17.1 Å². The Hall–Kier alpha value is -1.51. The van der Waals surface area contributed by atoms with Crippen LogP contribution in [0, 0.1) is 0 Å². The van der Waals surface area contributed by atoms with Crippen LogP contribution in [0.3, 0.4) is 0 Å². The molecule has 1 aliphatic carbocycles. The molecule has 1 aliphatic rings. The van der Waals surface area contributed by atoms with Crippen molar-refractivity contribution in [3.8, 4) is 0 Å². The van der Waals surface area contributed by atoms with Crippen LogP contribution in [0.2, 0.25) is 0 Å². The smallest absolute Gasteiger partial charge is 0.326 e. The molecule has 0 fully saturated rings. The number of hydrogen-bond acceptors (Lipinski definition) is 2. The molecule has 0 aliphatic heterocycles. The molecule has 3 nitrogen and oxygen atoms in total. The van der Waals surface area contributed by atoms with Gasteiger partial charge in [0.2, 0.25) is 0 Å². The number of fused-ring (bicyclic) bond motifs is 1. The van der Waals surface area contributed by atoms with Gasteiger partial charge < -0.3 is 10.4 Å². The summed E-state index contributed by atoms with van der Waals surface area (Å²) in [6, 6.07) is 5.75. The molecule has 17 heavy (non-hydrogen) atoms. The second kappa shape index (κ2) is 5.21. The number of hydrogen-bond donors (Lipinski definition) is 2. The van der Waals surface area contributed by atoms with Crippen LogP contribution in [0.4, 0.5) is 5.69 Å². The molecule has 0 saturated carbocycles. The van der Waals surface area contributed by atoms with Crippen molar-refractivity contribution in [1.82, 2.24) is 0 Å². The zero-order valence-electron chi connectivity index (χ0n) is 10.2. The summed E-state index contributed by atoms with van der Waals surface area (Å²) < 4.78 is 0. The number of rotatable bonds is 5. The van der Waals surface area contributed by atoms with Crippen LogP contribution < -0.4 is 5.32 Å². The maximum atomic E-state index is 11.1. The minimum atomic E-state index is -0.771. The Morgan fingerprint density at radius 3 is 2.88 bits per heavy atom. The Morgan fingerprint density at radius 1 is 1.41 bits per heavy atom. The lowest BCUT2D eigenvalue weighted by atomic mass is 10.1. The van der Waals surface area contributed by atoms with Gasteiger partial charge in [-0.25, -0.2) is 4.79 Å². The van der Waals surface area contributed by atoms with Gasteiger partial charge in [0.25, 0.3) is 0 Å². The molecule has 92 valence electrons. The molecular formula is C14H19NO2. The summed E-state index contributed by atoms with van der Waals surface area (Å²) in [4.78, 5) is 11.1. The number of carboxylic acids is 1. The summed E-state index contributed by atoms with van der Waals surface area (Å²) in [6.45, 7) is 2.00. The number of aliphatic carboxylic acids is 1. The number of benzene rings is 1. The molecule has 0 amide bonds. The molecule has 2 rings (SSSR count). The van der Waals surface area contributed by atoms with Crippen molar-refractivity contribution >= 4 is 11.7 Å². The van der Waals surface area contributed by atoms with Gasteiger partial charge in [0.1, 0.15) is 6.04 Å². The van der Waals surface area contributed by atoms with Crippen molar-refractivity contribution in [1.29, 1.82) is 0 Å². The highest BCUT2D eigenvalue weighted by molar-refractivity contribution is 5.77. The first-order valence-corrected chi connectivity index (χ1v) is 6.32. The van der Waals surface area contributed by atoms with Crippen LogP contribution in [-0.2, 0) is 17.6 Å². The van der Waals surface area contributed by atoms with E-state index < -0.39 is 12.0 Å². The molecular weight excluding hydrogens is 214 g/mol. The third kappa shape index (κ3) is 2.78. The Labute approximate surface area is 102 Å². The van der Waals surface area contributed by atoms with Crippen molar-refractivity contribution in [3.05, 3.63) is 29.3 Å². The maximum absolute atomic E-state index is 11.1. The van der Waals surface area contributed by atoms with E-state index in [4.69, 9.17) is 5.11 Å². The third-order valence-electron chi connectivity index (χ3n) is 3.31. The standard InChI is InChI=1S/C14H19NO2/c1-2-4-13(14(16)17)15-12-8-7-10-5-3-6-11(10)9-12/h7-9,13,15H,2-6H2,1H3,(H,16,17). The molecule has 3 heteroatoms. The predicted molar refractivity (Wildman–Crippen MR) is 68.4 cm³/mol. The summed E-state index contributed by atoms with van der Waals surface area (Å²) in [6.07, 6.45) is 5.03.